The highest BCUT2D eigenvalue weighted by Crippen LogP contribution is 2.14. The Kier molecular flexibility index (Phi) is 6.07. The van der Waals surface area contributed by atoms with Gasteiger partial charge in [0.15, 0.2) is 0 Å². The first-order valence-electron chi connectivity index (χ1n) is 6.39. The second-order valence-corrected chi connectivity index (χ2v) is 6.05. The van der Waals surface area contributed by atoms with E-state index in [0.717, 1.165) is 18.4 Å². The van der Waals surface area contributed by atoms with Crippen molar-refractivity contribution in [3.8, 4) is 0 Å². The van der Waals surface area contributed by atoms with Crippen molar-refractivity contribution in [1.29, 1.82) is 0 Å². The fourth-order valence-electron chi connectivity index (χ4n) is 1.62. The van der Waals surface area contributed by atoms with E-state index in [1.807, 2.05) is 11.3 Å². The molecule has 0 spiro atoms. The second-order valence-electron chi connectivity index (χ2n) is 5.02. The summed E-state index contributed by atoms with van der Waals surface area (Å²) in [5, 5.41) is 5.86. The van der Waals surface area contributed by atoms with Crippen LogP contribution in [0, 0.1) is 11.8 Å². The summed E-state index contributed by atoms with van der Waals surface area (Å²) in [6.07, 6.45) is 2.39. The average Bonchev–Trinajstić information content (AvgIpc) is 2.76. The van der Waals surface area contributed by atoms with Gasteiger partial charge in [-0.25, -0.2) is 0 Å². The highest BCUT2D eigenvalue weighted by atomic mass is 32.1. The highest BCUT2D eigenvalue weighted by molar-refractivity contribution is 7.09. The van der Waals surface area contributed by atoms with Gasteiger partial charge in [0.2, 0.25) is 0 Å². The van der Waals surface area contributed by atoms with Gasteiger partial charge in [-0.2, -0.15) is 0 Å². The molecule has 1 N–H and O–H groups in total. The largest absolute Gasteiger partial charge is 0.313 e. The molecule has 2 heteroatoms. The highest BCUT2D eigenvalue weighted by Gasteiger charge is 2.11. The van der Waals surface area contributed by atoms with Crippen LogP contribution >= 0.6 is 11.3 Å². The Morgan fingerprint density at radius 2 is 2.06 bits per heavy atom. The molecule has 0 aliphatic carbocycles. The van der Waals surface area contributed by atoms with Crippen LogP contribution in [0.15, 0.2) is 17.5 Å². The molecule has 0 saturated carbocycles. The van der Waals surface area contributed by atoms with Crippen LogP contribution in [-0.4, -0.2) is 12.6 Å². The summed E-state index contributed by atoms with van der Waals surface area (Å²) in [5.74, 6) is 1.53. The molecule has 16 heavy (non-hydrogen) atoms. The fraction of sp³-hybridized carbons (Fsp3) is 0.714. The fourth-order valence-corrected chi connectivity index (χ4v) is 2.41. The lowest BCUT2D eigenvalue weighted by Crippen LogP contribution is -2.35. The minimum atomic E-state index is 0.639. The second kappa shape index (κ2) is 7.08. The van der Waals surface area contributed by atoms with Gasteiger partial charge in [0, 0.05) is 10.9 Å². The summed E-state index contributed by atoms with van der Waals surface area (Å²) in [5.41, 5.74) is 0. The van der Waals surface area contributed by atoms with Crippen molar-refractivity contribution in [3.05, 3.63) is 22.4 Å². The van der Waals surface area contributed by atoms with Crippen LogP contribution in [-0.2, 0) is 6.42 Å². The molecular formula is C14H25NS. The zero-order valence-electron chi connectivity index (χ0n) is 11.0. The quantitative estimate of drug-likeness (QED) is 0.759. The van der Waals surface area contributed by atoms with Crippen LogP contribution in [0.2, 0.25) is 0 Å². The van der Waals surface area contributed by atoms with Crippen molar-refractivity contribution in [2.75, 3.05) is 6.54 Å². The van der Waals surface area contributed by atoms with Crippen LogP contribution in [0.5, 0.6) is 0 Å². The van der Waals surface area contributed by atoms with Crippen LogP contribution in [0.1, 0.15) is 39.0 Å². The topological polar surface area (TPSA) is 12.0 Å². The summed E-state index contributed by atoms with van der Waals surface area (Å²) >= 11 is 1.87. The molecule has 1 heterocycles. The molecule has 0 aliphatic heterocycles. The number of thiophene rings is 1. The molecule has 92 valence electrons. The Morgan fingerprint density at radius 1 is 1.31 bits per heavy atom. The Hall–Kier alpha value is -0.340. The molecule has 2 atom stereocenters. The number of rotatable bonds is 7. The Labute approximate surface area is 104 Å². The maximum atomic E-state index is 3.70. The number of hydrogen-bond donors (Lipinski definition) is 1. The Bertz CT molecular complexity index is 266. The molecule has 0 saturated heterocycles. The van der Waals surface area contributed by atoms with Gasteiger partial charge in [0.05, 0.1) is 0 Å². The zero-order chi connectivity index (χ0) is 12.0. The predicted molar refractivity (Wildman–Crippen MR) is 74.1 cm³/mol. The van der Waals surface area contributed by atoms with Crippen molar-refractivity contribution in [2.24, 2.45) is 11.8 Å². The molecule has 0 fully saturated rings. The van der Waals surface area contributed by atoms with Crippen molar-refractivity contribution in [1.82, 2.24) is 5.32 Å². The smallest absolute Gasteiger partial charge is 0.0113 e. The summed E-state index contributed by atoms with van der Waals surface area (Å²) in [6, 6.07) is 5.02. The molecular weight excluding hydrogens is 214 g/mol. The van der Waals surface area contributed by atoms with Gasteiger partial charge >= 0.3 is 0 Å². The van der Waals surface area contributed by atoms with Gasteiger partial charge in [-0.1, -0.05) is 33.8 Å². The van der Waals surface area contributed by atoms with E-state index < -0.39 is 0 Å². The van der Waals surface area contributed by atoms with Crippen LogP contribution in [0.3, 0.4) is 0 Å². The molecule has 0 aromatic carbocycles. The molecule has 2 unspecified atom stereocenters. The third-order valence-electron chi connectivity index (χ3n) is 3.39. The van der Waals surface area contributed by atoms with Crippen molar-refractivity contribution in [3.63, 3.8) is 0 Å². The minimum absolute atomic E-state index is 0.639. The first kappa shape index (κ1) is 13.7. The monoisotopic (exact) mass is 239 g/mol. The third-order valence-corrected chi connectivity index (χ3v) is 4.29. The van der Waals surface area contributed by atoms with E-state index in [1.165, 1.54) is 17.7 Å². The summed E-state index contributed by atoms with van der Waals surface area (Å²) in [7, 11) is 0. The van der Waals surface area contributed by atoms with Crippen LogP contribution < -0.4 is 5.32 Å². The van der Waals surface area contributed by atoms with E-state index >= 15 is 0 Å². The van der Waals surface area contributed by atoms with Gasteiger partial charge in [-0.15, -0.1) is 11.3 Å². The molecule has 1 nitrogen and oxygen atoms in total. The van der Waals surface area contributed by atoms with Crippen molar-refractivity contribution < 1.29 is 0 Å². The Balaban J connectivity index is 2.32. The lowest BCUT2D eigenvalue weighted by atomic mass is 9.97. The van der Waals surface area contributed by atoms with Crippen molar-refractivity contribution >= 4 is 11.3 Å². The maximum Gasteiger partial charge on any atom is 0.0113 e. The van der Waals surface area contributed by atoms with E-state index in [9.17, 15) is 0 Å². The normalized spacial score (nSPS) is 15.3. The summed E-state index contributed by atoms with van der Waals surface area (Å²) in [6.45, 7) is 10.3. The standard InChI is InChI=1S/C14H25NS/c1-5-13(9-14-7-6-8-16-14)15-10-12(4)11(2)3/h6-8,11-13,15H,5,9-10H2,1-4H3. The molecule has 1 aromatic heterocycles. The summed E-state index contributed by atoms with van der Waals surface area (Å²) < 4.78 is 0. The number of nitrogens with one attached hydrogen (secondary N) is 1. The minimum Gasteiger partial charge on any atom is -0.313 e. The van der Waals surface area contributed by atoms with Gasteiger partial charge < -0.3 is 5.32 Å². The first-order valence-corrected chi connectivity index (χ1v) is 7.27. The molecule has 1 rings (SSSR count). The Morgan fingerprint density at radius 3 is 2.56 bits per heavy atom. The lowest BCUT2D eigenvalue weighted by Gasteiger charge is -2.21. The average molecular weight is 239 g/mol. The van der Waals surface area contributed by atoms with Gasteiger partial charge in [-0.05, 0) is 42.7 Å². The SMILES string of the molecule is CCC(Cc1cccs1)NCC(C)C(C)C. The third kappa shape index (κ3) is 4.67. The van der Waals surface area contributed by atoms with E-state index in [4.69, 9.17) is 0 Å². The number of hydrogen-bond acceptors (Lipinski definition) is 2. The van der Waals surface area contributed by atoms with E-state index in [1.54, 1.807) is 0 Å². The predicted octanol–water partition coefficient (Wildman–Crippen LogP) is 3.95. The van der Waals surface area contributed by atoms with Crippen LogP contribution in [0.25, 0.3) is 0 Å². The van der Waals surface area contributed by atoms with Gasteiger partial charge in [0.1, 0.15) is 0 Å². The van der Waals surface area contributed by atoms with Crippen molar-refractivity contribution in [2.45, 2.75) is 46.6 Å². The maximum absolute atomic E-state index is 3.70. The van der Waals surface area contributed by atoms with E-state index in [0.29, 0.717) is 6.04 Å². The zero-order valence-corrected chi connectivity index (χ0v) is 11.8. The van der Waals surface area contributed by atoms with Gasteiger partial charge in [-0.3, -0.25) is 0 Å². The first-order chi connectivity index (χ1) is 7.63. The molecule has 0 radical (unpaired) electrons. The van der Waals surface area contributed by atoms with E-state index in [2.05, 4.69) is 50.5 Å². The molecule has 1 aromatic rings. The lowest BCUT2D eigenvalue weighted by molar-refractivity contribution is 0.362. The molecule has 0 amide bonds. The summed E-state index contributed by atoms with van der Waals surface area (Å²) in [4.78, 5) is 1.50. The van der Waals surface area contributed by atoms with Crippen LogP contribution in [0.4, 0.5) is 0 Å². The van der Waals surface area contributed by atoms with E-state index in [-0.39, 0.29) is 0 Å². The van der Waals surface area contributed by atoms with Gasteiger partial charge in [0.25, 0.3) is 0 Å². The molecule has 0 aliphatic rings. The molecule has 0 bridgehead atoms.